The van der Waals surface area contributed by atoms with Crippen molar-refractivity contribution in [1.29, 1.82) is 0 Å². The second-order valence-electron chi connectivity index (χ2n) is 7.38. The summed E-state index contributed by atoms with van der Waals surface area (Å²) in [6.45, 7) is 1.15. The van der Waals surface area contributed by atoms with Gasteiger partial charge < -0.3 is 10.1 Å². The molecule has 30 heavy (non-hydrogen) atoms. The van der Waals surface area contributed by atoms with Crippen molar-refractivity contribution in [1.82, 2.24) is 5.32 Å². The molecular formula is C22H27FN2O4S. The Bertz CT molecular complexity index is 925. The number of nitrogens with one attached hydrogen (secondary N) is 2. The van der Waals surface area contributed by atoms with E-state index < -0.39 is 15.8 Å². The molecule has 0 spiro atoms. The van der Waals surface area contributed by atoms with Crippen molar-refractivity contribution in [2.45, 2.75) is 49.5 Å². The molecule has 162 valence electrons. The summed E-state index contributed by atoms with van der Waals surface area (Å²) in [6, 6.07) is 10.7. The molecule has 1 fully saturated rings. The molecule has 2 aromatic carbocycles. The summed E-state index contributed by atoms with van der Waals surface area (Å²) in [5.41, 5.74) is 0.754. The van der Waals surface area contributed by atoms with Crippen LogP contribution in [0.15, 0.2) is 53.4 Å². The van der Waals surface area contributed by atoms with E-state index >= 15 is 0 Å². The maximum atomic E-state index is 13.0. The molecule has 0 heterocycles. The van der Waals surface area contributed by atoms with Gasteiger partial charge >= 0.3 is 0 Å². The molecule has 0 unspecified atom stereocenters. The van der Waals surface area contributed by atoms with Crippen molar-refractivity contribution >= 4 is 21.6 Å². The first-order chi connectivity index (χ1) is 14.4. The van der Waals surface area contributed by atoms with E-state index in [1.807, 2.05) is 0 Å². The Labute approximate surface area is 176 Å². The number of amides is 1. The Morgan fingerprint density at radius 1 is 1.00 bits per heavy atom. The van der Waals surface area contributed by atoms with Crippen LogP contribution in [0.4, 0.5) is 10.1 Å². The average Bonchev–Trinajstić information content (AvgIpc) is 2.74. The Morgan fingerprint density at radius 3 is 2.33 bits per heavy atom. The molecule has 0 aliphatic heterocycles. The van der Waals surface area contributed by atoms with Gasteiger partial charge in [0.25, 0.3) is 15.9 Å². The molecule has 0 saturated heterocycles. The van der Waals surface area contributed by atoms with Gasteiger partial charge in [0.2, 0.25) is 0 Å². The maximum absolute atomic E-state index is 13.0. The molecule has 2 N–H and O–H groups in total. The third kappa shape index (κ3) is 6.53. The number of halogens is 1. The first-order valence-electron chi connectivity index (χ1n) is 10.2. The van der Waals surface area contributed by atoms with Gasteiger partial charge in [-0.25, -0.2) is 12.8 Å². The number of rotatable bonds is 9. The van der Waals surface area contributed by atoms with Crippen LogP contribution in [-0.2, 0) is 14.8 Å². The molecule has 0 radical (unpaired) electrons. The molecule has 3 rings (SSSR count). The Hall–Kier alpha value is -2.45. The van der Waals surface area contributed by atoms with E-state index in [0.29, 0.717) is 30.5 Å². The normalized spacial score (nSPS) is 15.0. The summed E-state index contributed by atoms with van der Waals surface area (Å²) < 4.78 is 45.9. The van der Waals surface area contributed by atoms with Gasteiger partial charge in [-0.2, -0.15) is 0 Å². The fraction of sp³-hybridized carbons (Fsp3) is 0.409. The fourth-order valence-electron chi connectivity index (χ4n) is 3.38. The minimum absolute atomic E-state index is 0.0406. The number of anilines is 1. The van der Waals surface area contributed by atoms with E-state index in [2.05, 4.69) is 10.0 Å². The summed E-state index contributed by atoms with van der Waals surface area (Å²) >= 11 is 0. The predicted molar refractivity (Wildman–Crippen MR) is 113 cm³/mol. The zero-order chi connectivity index (χ0) is 21.4. The maximum Gasteiger partial charge on any atom is 0.261 e. The average molecular weight is 435 g/mol. The number of carbonyl (C=O) groups is 1. The summed E-state index contributed by atoms with van der Waals surface area (Å²) in [7, 11) is -3.82. The highest BCUT2D eigenvalue weighted by atomic mass is 32.2. The first-order valence-corrected chi connectivity index (χ1v) is 11.7. The number of sulfonamides is 1. The fourth-order valence-corrected chi connectivity index (χ4v) is 4.43. The van der Waals surface area contributed by atoms with E-state index in [-0.39, 0.29) is 10.8 Å². The molecule has 0 aromatic heterocycles. The number of ether oxygens (including phenoxy) is 1. The van der Waals surface area contributed by atoms with Crippen LogP contribution in [0.5, 0.6) is 0 Å². The number of hydrogen-bond donors (Lipinski definition) is 2. The van der Waals surface area contributed by atoms with Gasteiger partial charge in [0.1, 0.15) is 5.82 Å². The Kier molecular flexibility index (Phi) is 7.81. The molecule has 1 aliphatic rings. The van der Waals surface area contributed by atoms with E-state index in [1.54, 1.807) is 12.1 Å². The minimum Gasteiger partial charge on any atom is -0.378 e. The van der Waals surface area contributed by atoms with Crippen LogP contribution >= 0.6 is 0 Å². The number of carbonyl (C=O) groups excluding carboxylic acids is 1. The first kappa shape index (κ1) is 22.2. The van der Waals surface area contributed by atoms with E-state index in [1.165, 1.54) is 43.5 Å². The third-order valence-electron chi connectivity index (χ3n) is 5.04. The SMILES string of the molecule is O=C(NCCCOC1CCCCC1)c1ccc(NS(=O)(=O)c2ccc(F)cc2)cc1. The largest absolute Gasteiger partial charge is 0.378 e. The van der Waals surface area contributed by atoms with E-state index in [4.69, 9.17) is 4.74 Å². The van der Waals surface area contributed by atoms with Crippen LogP contribution in [0.1, 0.15) is 48.9 Å². The topological polar surface area (TPSA) is 84.5 Å². The molecule has 1 aliphatic carbocycles. The smallest absolute Gasteiger partial charge is 0.261 e. The van der Waals surface area contributed by atoms with Crippen molar-refractivity contribution in [3.05, 3.63) is 59.9 Å². The summed E-state index contributed by atoms with van der Waals surface area (Å²) in [5.74, 6) is -0.731. The van der Waals surface area contributed by atoms with Gasteiger partial charge in [0.15, 0.2) is 0 Å². The predicted octanol–water partition coefficient (Wildman–Crippen LogP) is 4.10. The second kappa shape index (κ2) is 10.5. The standard InChI is InChI=1S/C22H27FN2O4S/c23-18-9-13-21(14-10-18)30(27,28)25-19-11-7-17(8-12-19)22(26)24-15-4-16-29-20-5-2-1-3-6-20/h7-14,20,25H,1-6,15-16H2,(H,24,26). The molecule has 1 saturated carbocycles. The molecular weight excluding hydrogens is 407 g/mol. The van der Waals surface area contributed by atoms with E-state index in [9.17, 15) is 17.6 Å². The lowest BCUT2D eigenvalue weighted by Gasteiger charge is -2.21. The summed E-state index contributed by atoms with van der Waals surface area (Å²) in [6.07, 6.45) is 7.13. The summed E-state index contributed by atoms with van der Waals surface area (Å²) in [4.78, 5) is 12.2. The van der Waals surface area contributed by atoms with Crippen molar-refractivity contribution in [2.75, 3.05) is 17.9 Å². The van der Waals surface area contributed by atoms with Crippen LogP contribution in [0.25, 0.3) is 0 Å². The van der Waals surface area contributed by atoms with Crippen LogP contribution in [-0.4, -0.2) is 33.6 Å². The highest BCUT2D eigenvalue weighted by Gasteiger charge is 2.15. The van der Waals surface area contributed by atoms with Crippen LogP contribution < -0.4 is 10.0 Å². The van der Waals surface area contributed by atoms with Gasteiger partial charge in [-0.15, -0.1) is 0 Å². The molecule has 6 nitrogen and oxygen atoms in total. The van der Waals surface area contributed by atoms with Gasteiger partial charge in [-0.1, -0.05) is 19.3 Å². The lowest BCUT2D eigenvalue weighted by atomic mass is 9.98. The van der Waals surface area contributed by atoms with Gasteiger partial charge in [-0.05, 0) is 67.8 Å². The highest BCUT2D eigenvalue weighted by Crippen LogP contribution is 2.20. The zero-order valence-corrected chi connectivity index (χ0v) is 17.6. The van der Waals surface area contributed by atoms with Crippen LogP contribution in [0.2, 0.25) is 0 Å². The minimum atomic E-state index is -3.82. The lowest BCUT2D eigenvalue weighted by molar-refractivity contribution is 0.0273. The zero-order valence-electron chi connectivity index (χ0n) is 16.8. The lowest BCUT2D eigenvalue weighted by Crippen LogP contribution is -2.26. The number of hydrogen-bond acceptors (Lipinski definition) is 4. The molecule has 2 aromatic rings. The monoisotopic (exact) mass is 434 g/mol. The Balaban J connectivity index is 1.44. The van der Waals surface area contributed by atoms with Crippen molar-refractivity contribution in [3.63, 3.8) is 0 Å². The van der Waals surface area contributed by atoms with Gasteiger partial charge in [0.05, 0.1) is 11.0 Å². The van der Waals surface area contributed by atoms with Crippen molar-refractivity contribution in [3.8, 4) is 0 Å². The molecule has 0 atom stereocenters. The number of benzene rings is 2. The summed E-state index contributed by atoms with van der Waals surface area (Å²) in [5, 5.41) is 2.84. The van der Waals surface area contributed by atoms with Gasteiger partial charge in [0, 0.05) is 24.4 Å². The molecule has 8 heteroatoms. The quantitative estimate of drug-likeness (QED) is 0.582. The van der Waals surface area contributed by atoms with Crippen LogP contribution in [0, 0.1) is 5.82 Å². The Morgan fingerprint density at radius 2 is 1.67 bits per heavy atom. The van der Waals surface area contributed by atoms with Gasteiger partial charge in [-0.3, -0.25) is 9.52 Å². The van der Waals surface area contributed by atoms with Crippen molar-refractivity contribution < 1.29 is 22.3 Å². The van der Waals surface area contributed by atoms with Crippen LogP contribution in [0.3, 0.4) is 0 Å². The highest BCUT2D eigenvalue weighted by molar-refractivity contribution is 7.92. The molecule has 1 amide bonds. The second-order valence-corrected chi connectivity index (χ2v) is 9.06. The van der Waals surface area contributed by atoms with E-state index in [0.717, 1.165) is 31.4 Å². The molecule has 0 bridgehead atoms. The third-order valence-corrected chi connectivity index (χ3v) is 6.43. The van der Waals surface area contributed by atoms with Crippen molar-refractivity contribution in [2.24, 2.45) is 0 Å².